The Kier molecular flexibility index (Phi) is 4.70. The summed E-state index contributed by atoms with van der Waals surface area (Å²) in [6, 6.07) is 4.75. The van der Waals surface area contributed by atoms with E-state index in [2.05, 4.69) is 45.8 Å². The van der Waals surface area contributed by atoms with Crippen molar-refractivity contribution in [2.24, 2.45) is 0 Å². The average Bonchev–Trinajstić information content (AvgIpc) is 3.44. The molecule has 31 heavy (non-hydrogen) atoms. The molecule has 0 saturated heterocycles. The maximum Gasteiger partial charge on any atom is 0.237 e. The maximum atomic E-state index is 13.6. The summed E-state index contributed by atoms with van der Waals surface area (Å²) in [4.78, 5) is 16.2. The molecule has 1 aliphatic heterocycles. The molecule has 0 spiro atoms. The van der Waals surface area contributed by atoms with Gasteiger partial charge >= 0.3 is 0 Å². The van der Waals surface area contributed by atoms with Crippen molar-refractivity contribution in [3.8, 4) is 23.0 Å². The van der Waals surface area contributed by atoms with E-state index >= 15 is 0 Å². The van der Waals surface area contributed by atoms with Crippen molar-refractivity contribution in [3.63, 3.8) is 0 Å². The summed E-state index contributed by atoms with van der Waals surface area (Å²) in [7, 11) is 0. The number of aromatic nitrogens is 7. The molecule has 0 bridgehead atoms. The Labute approximate surface area is 183 Å². The van der Waals surface area contributed by atoms with E-state index < -0.39 is 5.82 Å². The highest BCUT2D eigenvalue weighted by atomic mass is 35.5. The third-order valence-corrected chi connectivity index (χ3v) is 5.72. The Bertz CT molecular complexity index is 1260. The third-order valence-electron chi connectivity index (χ3n) is 5.43. The number of rotatable bonds is 4. The minimum atomic E-state index is -0.475. The molecule has 0 amide bonds. The van der Waals surface area contributed by atoms with Gasteiger partial charge in [0.1, 0.15) is 23.7 Å². The Morgan fingerprint density at radius 1 is 1.19 bits per heavy atom. The van der Waals surface area contributed by atoms with Gasteiger partial charge in [0, 0.05) is 24.0 Å². The Morgan fingerprint density at radius 2 is 2.03 bits per heavy atom. The zero-order valence-electron chi connectivity index (χ0n) is 17.2. The molecule has 0 fully saturated rings. The van der Waals surface area contributed by atoms with Crippen LogP contribution in [0.1, 0.15) is 39.1 Å². The molecule has 10 heteroatoms. The molecule has 5 rings (SSSR count). The van der Waals surface area contributed by atoms with Crippen molar-refractivity contribution in [1.82, 2.24) is 34.3 Å². The fourth-order valence-electron chi connectivity index (χ4n) is 4.06. The SMILES string of the molecule is CC[C@@H]1c2nncn2-c2cnc(-n3ccnc3-c3ccc(F)c(Cl)c3)nc2N1C(C)C. The first-order valence-electron chi connectivity index (χ1n) is 10.0. The van der Waals surface area contributed by atoms with Crippen LogP contribution in [0.5, 0.6) is 0 Å². The summed E-state index contributed by atoms with van der Waals surface area (Å²) in [5.41, 5.74) is 1.50. The third kappa shape index (κ3) is 3.07. The summed E-state index contributed by atoms with van der Waals surface area (Å²) >= 11 is 5.98. The van der Waals surface area contributed by atoms with Gasteiger partial charge in [0.05, 0.1) is 17.3 Å². The van der Waals surface area contributed by atoms with E-state index in [0.717, 1.165) is 23.8 Å². The van der Waals surface area contributed by atoms with Crippen LogP contribution in [-0.4, -0.2) is 40.3 Å². The topological polar surface area (TPSA) is 77.5 Å². The summed E-state index contributed by atoms with van der Waals surface area (Å²) in [5.74, 6) is 2.24. The van der Waals surface area contributed by atoms with Gasteiger partial charge in [-0.1, -0.05) is 18.5 Å². The monoisotopic (exact) mass is 438 g/mol. The lowest BCUT2D eigenvalue weighted by Gasteiger charge is -2.39. The van der Waals surface area contributed by atoms with Crippen LogP contribution in [0.15, 0.2) is 43.1 Å². The summed E-state index contributed by atoms with van der Waals surface area (Å²) in [6.45, 7) is 6.38. The van der Waals surface area contributed by atoms with E-state index in [4.69, 9.17) is 16.6 Å². The highest BCUT2D eigenvalue weighted by Gasteiger charge is 2.35. The lowest BCUT2D eigenvalue weighted by molar-refractivity contribution is 0.497. The van der Waals surface area contributed by atoms with Crippen molar-refractivity contribution in [3.05, 3.63) is 59.8 Å². The number of imidazole rings is 1. The predicted octanol–water partition coefficient (Wildman–Crippen LogP) is 4.38. The number of hydrogen-bond acceptors (Lipinski definition) is 6. The molecule has 0 aliphatic carbocycles. The summed E-state index contributed by atoms with van der Waals surface area (Å²) in [5, 5.41) is 8.49. The molecule has 1 aromatic carbocycles. The van der Waals surface area contributed by atoms with Crippen LogP contribution in [0.4, 0.5) is 10.2 Å². The molecule has 1 atom stereocenters. The Hall–Kier alpha value is -3.33. The highest BCUT2D eigenvalue weighted by molar-refractivity contribution is 6.31. The van der Waals surface area contributed by atoms with Gasteiger partial charge in [-0.2, -0.15) is 4.98 Å². The average molecular weight is 439 g/mol. The second-order valence-corrected chi connectivity index (χ2v) is 8.02. The number of anilines is 1. The smallest absolute Gasteiger partial charge is 0.237 e. The van der Waals surface area contributed by atoms with E-state index in [1.54, 1.807) is 41.6 Å². The second kappa shape index (κ2) is 7.42. The molecule has 3 aromatic heterocycles. The number of hydrogen-bond donors (Lipinski definition) is 0. The molecule has 0 radical (unpaired) electrons. The van der Waals surface area contributed by atoms with E-state index in [1.807, 2.05) is 4.57 Å². The zero-order chi connectivity index (χ0) is 21.7. The molecule has 0 unspecified atom stereocenters. The first-order valence-corrected chi connectivity index (χ1v) is 10.4. The summed E-state index contributed by atoms with van der Waals surface area (Å²) in [6.07, 6.45) is 7.76. The quantitative estimate of drug-likeness (QED) is 0.470. The first-order chi connectivity index (χ1) is 15.0. The number of benzene rings is 1. The second-order valence-electron chi connectivity index (χ2n) is 7.61. The maximum absolute atomic E-state index is 13.6. The largest absolute Gasteiger partial charge is 0.342 e. The van der Waals surface area contributed by atoms with Gasteiger partial charge in [-0.05, 0) is 38.5 Å². The van der Waals surface area contributed by atoms with E-state index in [0.29, 0.717) is 17.3 Å². The van der Waals surface area contributed by atoms with Crippen LogP contribution in [-0.2, 0) is 0 Å². The van der Waals surface area contributed by atoms with Gasteiger partial charge in [0.2, 0.25) is 5.95 Å². The molecular weight excluding hydrogens is 419 g/mol. The number of halogens is 2. The van der Waals surface area contributed by atoms with Crippen LogP contribution in [0.2, 0.25) is 5.02 Å². The van der Waals surface area contributed by atoms with Crippen LogP contribution < -0.4 is 4.90 Å². The van der Waals surface area contributed by atoms with Gasteiger partial charge in [-0.15, -0.1) is 10.2 Å². The normalized spacial score (nSPS) is 15.3. The fraction of sp³-hybridized carbons (Fsp3) is 0.286. The first kappa shape index (κ1) is 19.6. The highest BCUT2D eigenvalue weighted by Crippen LogP contribution is 2.39. The molecule has 4 aromatic rings. The van der Waals surface area contributed by atoms with E-state index in [9.17, 15) is 4.39 Å². The predicted molar refractivity (Wildman–Crippen MR) is 115 cm³/mol. The molecule has 1 aliphatic rings. The standard InChI is InChI=1S/C21H20ClFN8/c1-4-16-20-28-26-11-30(20)17-10-25-21(27-19(17)31(16)12(2)3)29-8-7-24-18(29)13-5-6-15(23)14(22)9-13/h5-12,16H,4H2,1-3H3/t16-/m1/s1. The molecule has 4 heterocycles. The van der Waals surface area contributed by atoms with Crippen molar-refractivity contribution in [2.75, 3.05) is 4.90 Å². The van der Waals surface area contributed by atoms with Crippen LogP contribution in [0, 0.1) is 5.82 Å². The van der Waals surface area contributed by atoms with Gasteiger partial charge in [-0.25, -0.2) is 14.4 Å². The molecule has 158 valence electrons. The fourth-order valence-corrected chi connectivity index (χ4v) is 4.24. The summed E-state index contributed by atoms with van der Waals surface area (Å²) < 4.78 is 17.3. The molecule has 0 saturated carbocycles. The van der Waals surface area contributed by atoms with Crippen molar-refractivity contribution in [1.29, 1.82) is 0 Å². The Balaban J connectivity index is 1.66. The van der Waals surface area contributed by atoms with Gasteiger partial charge in [0.15, 0.2) is 11.6 Å². The molecule has 8 nitrogen and oxygen atoms in total. The van der Waals surface area contributed by atoms with Gasteiger partial charge in [0.25, 0.3) is 0 Å². The molecular formula is C21H20ClFN8. The van der Waals surface area contributed by atoms with Crippen molar-refractivity contribution in [2.45, 2.75) is 39.3 Å². The minimum Gasteiger partial charge on any atom is -0.342 e. The lowest BCUT2D eigenvalue weighted by atomic mass is 10.1. The molecule has 0 N–H and O–H groups in total. The van der Waals surface area contributed by atoms with Gasteiger partial charge in [-0.3, -0.25) is 9.13 Å². The van der Waals surface area contributed by atoms with Crippen LogP contribution in [0.25, 0.3) is 23.0 Å². The van der Waals surface area contributed by atoms with Crippen LogP contribution >= 0.6 is 11.6 Å². The van der Waals surface area contributed by atoms with Crippen molar-refractivity contribution >= 4 is 17.4 Å². The zero-order valence-corrected chi connectivity index (χ0v) is 18.0. The lowest BCUT2D eigenvalue weighted by Crippen LogP contribution is -2.40. The number of fused-ring (bicyclic) bond motifs is 3. The van der Waals surface area contributed by atoms with Crippen molar-refractivity contribution < 1.29 is 4.39 Å². The Morgan fingerprint density at radius 3 is 2.77 bits per heavy atom. The van der Waals surface area contributed by atoms with Crippen LogP contribution in [0.3, 0.4) is 0 Å². The van der Waals surface area contributed by atoms with Gasteiger partial charge < -0.3 is 4.90 Å². The number of nitrogens with zero attached hydrogens (tertiary/aromatic N) is 8. The van der Waals surface area contributed by atoms with E-state index in [1.165, 1.54) is 6.07 Å². The van der Waals surface area contributed by atoms with E-state index in [-0.39, 0.29) is 17.1 Å². The minimum absolute atomic E-state index is 0.0373.